The molecule has 0 aliphatic heterocycles. The molecule has 1 heterocycles. The highest BCUT2D eigenvalue weighted by Gasteiger charge is 2.05. The van der Waals surface area contributed by atoms with Crippen molar-refractivity contribution < 1.29 is 4.79 Å². The largest absolute Gasteiger partial charge is 0.308 e. The normalized spacial score (nSPS) is 10.2. The van der Waals surface area contributed by atoms with Crippen LogP contribution in [0.4, 0.5) is 5.82 Å². The Kier molecular flexibility index (Phi) is 3.16. The van der Waals surface area contributed by atoms with E-state index in [2.05, 4.69) is 14.1 Å². The van der Waals surface area contributed by atoms with E-state index in [1.54, 1.807) is 6.20 Å². The minimum atomic E-state index is -0.00213. The standard InChI is InChI=1S/C7H11N3OS/c1-5(2)3-7(11)9-6-4-8-12-10-6/h4-5H,3H2,1-2H3,(H,9,10,11). The van der Waals surface area contributed by atoms with Crippen molar-refractivity contribution in [3.8, 4) is 0 Å². The van der Waals surface area contributed by atoms with E-state index in [1.165, 1.54) is 0 Å². The molecule has 4 nitrogen and oxygen atoms in total. The molecule has 1 N–H and O–H groups in total. The summed E-state index contributed by atoms with van der Waals surface area (Å²) in [7, 11) is 0. The van der Waals surface area contributed by atoms with Crippen LogP contribution in [0.1, 0.15) is 20.3 Å². The highest BCUT2D eigenvalue weighted by molar-refractivity contribution is 6.99. The molecule has 0 spiro atoms. The van der Waals surface area contributed by atoms with E-state index in [0.29, 0.717) is 18.2 Å². The fourth-order valence-electron chi connectivity index (χ4n) is 0.784. The highest BCUT2D eigenvalue weighted by atomic mass is 32.1. The number of carbonyl (C=O) groups excluding carboxylic acids is 1. The van der Waals surface area contributed by atoms with Gasteiger partial charge in [0.1, 0.15) is 0 Å². The molecule has 1 rings (SSSR count). The number of rotatable bonds is 3. The van der Waals surface area contributed by atoms with Gasteiger partial charge in [-0.15, -0.1) is 0 Å². The Balaban J connectivity index is 2.37. The fourth-order valence-corrected chi connectivity index (χ4v) is 1.16. The SMILES string of the molecule is CC(C)CC(=O)Nc1cnsn1. The van der Waals surface area contributed by atoms with Gasteiger partial charge in [-0.3, -0.25) is 4.79 Å². The van der Waals surface area contributed by atoms with Gasteiger partial charge >= 0.3 is 0 Å². The number of nitrogens with zero attached hydrogens (tertiary/aromatic N) is 2. The van der Waals surface area contributed by atoms with Crippen LogP contribution >= 0.6 is 11.7 Å². The molecule has 0 radical (unpaired) electrons. The second kappa shape index (κ2) is 4.15. The van der Waals surface area contributed by atoms with Crippen molar-refractivity contribution in [3.63, 3.8) is 0 Å². The quantitative estimate of drug-likeness (QED) is 0.776. The maximum atomic E-state index is 11.1. The van der Waals surface area contributed by atoms with Crippen molar-refractivity contribution in [2.45, 2.75) is 20.3 Å². The average Bonchev–Trinajstić information content (AvgIpc) is 2.37. The fraction of sp³-hybridized carbons (Fsp3) is 0.571. The minimum absolute atomic E-state index is 0.00213. The maximum absolute atomic E-state index is 11.1. The number of amides is 1. The monoisotopic (exact) mass is 185 g/mol. The van der Waals surface area contributed by atoms with Crippen LogP contribution in [-0.2, 0) is 4.79 Å². The van der Waals surface area contributed by atoms with Crippen molar-refractivity contribution in [2.75, 3.05) is 5.32 Å². The zero-order chi connectivity index (χ0) is 8.97. The van der Waals surface area contributed by atoms with Crippen molar-refractivity contribution in [3.05, 3.63) is 6.20 Å². The first kappa shape index (κ1) is 9.12. The number of hydrogen-bond donors (Lipinski definition) is 1. The summed E-state index contributed by atoms with van der Waals surface area (Å²) in [5, 5.41) is 2.65. The van der Waals surface area contributed by atoms with Gasteiger partial charge in [-0.2, -0.15) is 8.75 Å². The molecular weight excluding hydrogens is 174 g/mol. The topological polar surface area (TPSA) is 54.9 Å². The van der Waals surface area contributed by atoms with Gasteiger partial charge < -0.3 is 5.32 Å². The first-order valence-corrected chi connectivity index (χ1v) is 4.49. The summed E-state index contributed by atoms with van der Waals surface area (Å²) in [5.41, 5.74) is 0. The first-order valence-electron chi connectivity index (χ1n) is 3.76. The van der Waals surface area contributed by atoms with Gasteiger partial charge in [0.05, 0.1) is 17.9 Å². The van der Waals surface area contributed by atoms with Crippen LogP contribution in [0.5, 0.6) is 0 Å². The van der Waals surface area contributed by atoms with E-state index < -0.39 is 0 Å². The first-order chi connectivity index (χ1) is 5.68. The molecule has 1 amide bonds. The van der Waals surface area contributed by atoms with E-state index in [9.17, 15) is 4.79 Å². The van der Waals surface area contributed by atoms with Crippen molar-refractivity contribution >= 4 is 23.5 Å². The summed E-state index contributed by atoms with van der Waals surface area (Å²) in [6.07, 6.45) is 2.07. The van der Waals surface area contributed by atoms with Gasteiger partial charge in [0.25, 0.3) is 0 Å². The number of nitrogens with one attached hydrogen (secondary N) is 1. The molecule has 0 atom stereocenters. The average molecular weight is 185 g/mol. The third-order valence-electron chi connectivity index (χ3n) is 1.22. The lowest BCUT2D eigenvalue weighted by Gasteiger charge is -2.02. The highest BCUT2D eigenvalue weighted by Crippen LogP contribution is 2.05. The Labute approximate surface area is 75.3 Å². The van der Waals surface area contributed by atoms with Crippen LogP contribution in [0.3, 0.4) is 0 Å². The summed E-state index contributed by atoms with van der Waals surface area (Å²) in [4.78, 5) is 11.1. The van der Waals surface area contributed by atoms with Crippen LogP contribution in [0, 0.1) is 5.92 Å². The molecule has 0 saturated heterocycles. The van der Waals surface area contributed by atoms with Crippen molar-refractivity contribution in [1.29, 1.82) is 0 Å². The minimum Gasteiger partial charge on any atom is -0.308 e. The molecule has 1 aromatic rings. The summed E-state index contributed by atoms with van der Waals surface area (Å²) in [6.45, 7) is 4.00. The maximum Gasteiger partial charge on any atom is 0.225 e. The summed E-state index contributed by atoms with van der Waals surface area (Å²) >= 11 is 1.09. The predicted molar refractivity (Wildman–Crippen MR) is 48.0 cm³/mol. The van der Waals surface area contributed by atoms with E-state index in [0.717, 1.165) is 11.7 Å². The molecule has 0 fully saturated rings. The third-order valence-corrected chi connectivity index (χ3v) is 1.70. The van der Waals surface area contributed by atoms with Gasteiger partial charge in [-0.1, -0.05) is 13.8 Å². The molecule has 0 unspecified atom stereocenters. The number of anilines is 1. The van der Waals surface area contributed by atoms with E-state index in [4.69, 9.17) is 0 Å². The second-order valence-corrected chi connectivity index (χ2v) is 3.50. The van der Waals surface area contributed by atoms with Gasteiger partial charge in [-0.05, 0) is 5.92 Å². The van der Waals surface area contributed by atoms with Gasteiger partial charge in [-0.25, -0.2) is 0 Å². The van der Waals surface area contributed by atoms with E-state index in [1.807, 2.05) is 13.8 Å². The van der Waals surface area contributed by atoms with Crippen molar-refractivity contribution in [1.82, 2.24) is 8.75 Å². The van der Waals surface area contributed by atoms with Crippen LogP contribution in [-0.4, -0.2) is 14.7 Å². The summed E-state index contributed by atoms with van der Waals surface area (Å²) < 4.78 is 7.63. The molecule has 0 aliphatic rings. The summed E-state index contributed by atoms with van der Waals surface area (Å²) in [5.74, 6) is 0.917. The molecular formula is C7H11N3OS. The summed E-state index contributed by atoms with van der Waals surface area (Å²) in [6, 6.07) is 0. The second-order valence-electron chi connectivity index (χ2n) is 2.94. The van der Waals surface area contributed by atoms with Gasteiger partial charge in [0, 0.05) is 6.42 Å². The Morgan fingerprint density at radius 3 is 3.00 bits per heavy atom. The molecule has 12 heavy (non-hydrogen) atoms. The van der Waals surface area contributed by atoms with Gasteiger partial charge in [0.15, 0.2) is 5.82 Å². The molecule has 1 aromatic heterocycles. The molecule has 0 aliphatic carbocycles. The number of carbonyl (C=O) groups is 1. The molecule has 5 heteroatoms. The predicted octanol–water partition coefficient (Wildman–Crippen LogP) is 1.52. The molecule has 0 saturated carbocycles. The lowest BCUT2D eigenvalue weighted by Crippen LogP contribution is -2.13. The molecule has 0 aromatic carbocycles. The molecule has 0 bridgehead atoms. The smallest absolute Gasteiger partial charge is 0.225 e. The number of aromatic nitrogens is 2. The van der Waals surface area contributed by atoms with Crippen molar-refractivity contribution in [2.24, 2.45) is 5.92 Å². The van der Waals surface area contributed by atoms with E-state index in [-0.39, 0.29) is 5.91 Å². The zero-order valence-electron chi connectivity index (χ0n) is 7.07. The van der Waals surface area contributed by atoms with Crippen LogP contribution in [0.2, 0.25) is 0 Å². The van der Waals surface area contributed by atoms with Crippen LogP contribution < -0.4 is 5.32 Å². The van der Waals surface area contributed by atoms with Crippen LogP contribution in [0.15, 0.2) is 6.20 Å². The van der Waals surface area contributed by atoms with Gasteiger partial charge in [0.2, 0.25) is 5.91 Å². The Morgan fingerprint density at radius 2 is 2.50 bits per heavy atom. The van der Waals surface area contributed by atoms with E-state index >= 15 is 0 Å². The molecule has 66 valence electrons. The lowest BCUT2D eigenvalue weighted by molar-refractivity contribution is -0.116. The Morgan fingerprint density at radius 1 is 1.75 bits per heavy atom. The number of hydrogen-bond acceptors (Lipinski definition) is 4. The van der Waals surface area contributed by atoms with Crippen LogP contribution in [0.25, 0.3) is 0 Å². The third kappa shape index (κ3) is 2.96. The lowest BCUT2D eigenvalue weighted by atomic mass is 10.1. The Hall–Kier alpha value is -0.970. The zero-order valence-corrected chi connectivity index (χ0v) is 7.89. The Bertz CT molecular complexity index is 245.